The smallest absolute Gasteiger partial charge is 0.352 e. The number of carbonyl (C=O) groups is 1. The molecule has 72 valence electrons. The van der Waals surface area contributed by atoms with Crippen molar-refractivity contribution in [3.63, 3.8) is 0 Å². The first-order valence-corrected chi connectivity index (χ1v) is 4.66. The van der Waals surface area contributed by atoms with E-state index in [0.717, 1.165) is 0 Å². The summed E-state index contributed by atoms with van der Waals surface area (Å²) in [6.45, 7) is 2.10. The van der Waals surface area contributed by atoms with E-state index in [-0.39, 0.29) is 5.97 Å². The van der Waals surface area contributed by atoms with Crippen molar-refractivity contribution >= 4 is 23.0 Å². The van der Waals surface area contributed by atoms with Crippen molar-refractivity contribution in [2.24, 2.45) is 0 Å². The molecule has 0 bridgehead atoms. The highest BCUT2D eigenvalue weighted by Gasteiger charge is 2.17. The van der Waals surface area contributed by atoms with Crippen LogP contribution in [-0.2, 0) is 4.74 Å². The van der Waals surface area contributed by atoms with Gasteiger partial charge in [0, 0.05) is 5.38 Å². The molecule has 5 heteroatoms. The largest absolute Gasteiger partial charge is 0.493 e. The topological polar surface area (TPSA) is 61.5 Å². The molecule has 0 spiro atoms. The first-order valence-electron chi connectivity index (χ1n) is 3.78. The highest BCUT2D eigenvalue weighted by atomic mass is 32.1. The zero-order chi connectivity index (χ0) is 9.84. The first-order chi connectivity index (χ1) is 6.20. The number of rotatable bonds is 3. The van der Waals surface area contributed by atoms with Crippen LogP contribution in [0.1, 0.15) is 16.6 Å². The number of esters is 1. The highest BCUT2D eigenvalue weighted by molar-refractivity contribution is 7.13. The molecule has 0 aliphatic heterocycles. The minimum absolute atomic E-state index is 0.347. The lowest BCUT2D eigenvalue weighted by molar-refractivity contribution is 0.0529. The van der Waals surface area contributed by atoms with Crippen LogP contribution in [0.15, 0.2) is 5.38 Å². The summed E-state index contributed by atoms with van der Waals surface area (Å²) >= 11 is 1.22. The van der Waals surface area contributed by atoms with Crippen LogP contribution in [0.25, 0.3) is 0 Å². The average molecular weight is 201 g/mol. The predicted molar refractivity (Wildman–Crippen MR) is 51.2 cm³/mol. The molecule has 13 heavy (non-hydrogen) atoms. The minimum atomic E-state index is -0.388. The zero-order valence-corrected chi connectivity index (χ0v) is 8.31. The molecule has 1 rings (SSSR count). The third-order valence-corrected chi connectivity index (χ3v) is 2.40. The van der Waals surface area contributed by atoms with Gasteiger partial charge in [0.1, 0.15) is 0 Å². The maximum absolute atomic E-state index is 11.3. The predicted octanol–water partition coefficient (Wildman–Crippen LogP) is 1.52. The molecule has 1 aromatic heterocycles. The number of hydrogen-bond acceptors (Lipinski definition) is 5. The summed E-state index contributed by atoms with van der Waals surface area (Å²) in [6.07, 6.45) is 0. The SMILES string of the molecule is CCOC(=O)c1scc(N)c1OC. The van der Waals surface area contributed by atoms with Crippen molar-refractivity contribution < 1.29 is 14.3 Å². The van der Waals surface area contributed by atoms with Gasteiger partial charge in [-0.1, -0.05) is 0 Å². The summed E-state index contributed by atoms with van der Waals surface area (Å²) in [5.74, 6) is 0.0181. The molecule has 0 fully saturated rings. The molecule has 0 radical (unpaired) electrons. The lowest BCUT2D eigenvalue weighted by Gasteiger charge is -2.02. The Bertz CT molecular complexity index is 308. The van der Waals surface area contributed by atoms with Crippen LogP contribution < -0.4 is 10.5 Å². The van der Waals surface area contributed by atoms with Crippen molar-refractivity contribution in [2.75, 3.05) is 19.5 Å². The normalized spacial score (nSPS) is 9.69. The Hall–Kier alpha value is -1.23. The van der Waals surface area contributed by atoms with Crippen molar-refractivity contribution in [3.8, 4) is 5.75 Å². The molecule has 0 saturated carbocycles. The molecular formula is C8H11NO3S. The molecule has 0 amide bonds. The Balaban J connectivity index is 2.93. The van der Waals surface area contributed by atoms with Gasteiger partial charge in [0.15, 0.2) is 10.6 Å². The fourth-order valence-electron chi connectivity index (χ4n) is 0.909. The molecule has 2 N–H and O–H groups in total. The fourth-order valence-corrected chi connectivity index (χ4v) is 1.72. The van der Waals surface area contributed by atoms with Crippen LogP contribution in [0.5, 0.6) is 5.75 Å². The molecule has 0 saturated heterocycles. The van der Waals surface area contributed by atoms with E-state index in [0.29, 0.717) is 22.9 Å². The second-order valence-electron chi connectivity index (χ2n) is 2.27. The molecule has 0 atom stereocenters. The van der Waals surface area contributed by atoms with E-state index in [2.05, 4.69) is 0 Å². The van der Waals surface area contributed by atoms with E-state index >= 15 is 0 Å². The van der Waals surface area contributed by atoms with Crippen LogP contribution in [0.2, 0.25) is 0 Å². The van der Waals surface area contributed by atoms with Gasteiger partial charge in [-0.2, -0.15) is 0 Å². The lowest BCUT2D eigenvalue weighted by atomic mass is 10.4. The number of ether oxygens (including phenoxy) is 2. The van der Waals surface area contributed by atoms with E-state index in [4.69, 9.17) is 15.2 Å². The number of nitrogen functional groups attached to an aromatic ring is 1. The van der Waals surface area contributed by atoms with Crippen molar-refractivity contribution in [3.05, 3.63) is 10.3 Å². The van der Waals surface area contributed by atoms with Gasteiger partial charge in [-0.05, 0) is 6.92 Å². The molecule has 1 aromatic rings. The number of thiophene rings is 1. The third kappa shape index (κ3) is 1.92. The van der Waals surface area contributed by atoms with E-state index in [1.165, 1.54) is 18.4 Å². The summed E-state index contributed by atoms with van der Waals surface area (Å²) < 4.78 is 9.79. The van der Waals surface area contributed by atoms with Gasteiger partial charge in [0.2, 0.25) is 0 Å². The van der Waals surface area contributed by atoms with Gasteiger partial charge >= 0.3 is 5.97 Å². The summed E-state index contributed by atoms with van der Waals surface area (Å²) in [6, 6.07) is 0. The highest BCUT2D eigenvalue weighted by Crippen LogP contribution is 2.32. The standard InChI is InChI=1S/C8H11NO3S/c1-3-12-8(10)7-6(11-2)5(9)4-13-7/h4H,3,9H2,1-2H3. The lowest BCUT2D eigenvalue weighted by Crippen LogP contribution is -2.04. The molecule has 0 aromatic carbocycles. The molecule has 0 unspecified atom stereocenters. The second-order valence-corrected chi connectivity index (χ2v) is 3.15. The number of hydrogen-bond donors (Lipinski definition) is 1. The van der Waals surface area contributed by atoms with Gasteiger partial charge in [0.05, 0.1) is 19.4 Å². The number of nitrogens with two attached hydrogens (primary N) is 1. The fraction of sp³-hybridized carbons (Fsp3) is 0.375. The van der Waals surface area contributed by atoms with Crippen molar-refractivity contribution in [1.29, 1.82) is 0 Å². The Morgan fingerprint density at radius 3 is 2.92 bits per heavy atom. The van der Waals surface area contributed by atoms with Gasteiger partial charge < -0.3 is 15.2 Å². The van der Waals surface area contributed by atoms with Crippen LogP contribution in [0.3, 0.4) is 0 Å². The van der Waals surface area contributed by atoms with Gasteiger partial charge in [-0.3, -0.25) is 0 Å². The monoisotopic (exact) mass is 201 g/mol. The molecule has 1 heterocycles. The van der Waals surface area contributed by atoms with Gasteiger partial charge in [-0.15, -0.1) is 11.3 Å². The average Bonchev–Trinajstić information content (AvgIpc) is 2.47. The maximum Gasteiger partial charge on any atom is 0.352 e. The zero-order valence-electron chi connectivity index (χ0n) is 7.49. The van der Waals surface area contributed by atoms with Crippen molar-refractivity contribution in [1.82, 2.24) is 0 Å². The van der Waals surface area contributed by atoms with Crippen LogP contribution >= 0.6 is 11.3 Å². The van der Waals surface area contributed by atoms with Crippen LogP contribution in [0, 0.1) is 0 Å². The Morgan fingerprint density at radius 2 is 2.38 bits per heavy atom. The van der Waals surface area contributed by atoms with Crippen LogP contribution in [-0.4, -0.2) is 19.7 Å². The number of carbonyl (C=O) groups excluding carboxylic acids is 1. The summed E-state index contributed by atoms with van der Waals surface area (Å²) in [4.78, 5) is 11.7. The van der Waals surface area contributed by atoms with E-state index < -0.39 is 0 Å². The molecule has 0 aliphatic carbocycles. The first kappa shape index (κ1) is 9.85. The third-order valence-electron chi connectivity index (χ3n) is 1.44. The summed E-state index contributed by atoms with van der Waals surface area (Å²) in [7, 11) is 1.47. The van der Waals surface area contributed by atoms with E-state index in [1.807, 2.05) is 0 Å². The van der Waals surface area contributed by atoms with E-state index in [9.17, 15) is 4.79 Å². The molecule has 4 nitrogen and oxygen atoms in total. The minimum Gasteiger partial charge on any atom is -0.493 e. The van der Waals surface area contributed by atoms with Gasteiger partial charge in [-0.25, -0.2) is 4.79 Å². The quantitative estimate of drug-likeness (QED) is 0.753. The number of anilines is 1. The Morgan fingerprint density at radius 1 is 1.69 bits per heavy atom. The molecule has 0 aliphatic rings. The number of methoxy groups -OCH3 is 1. The molecular weight excluding hydrogens is 190 g/mol. The Kier molecular flexibility index (Phi) is 3.13. The maximum atomic E-state index is 11.3. The van der Waals surface area contributed by atoms with Crippen LogP contribution in [0.4, 0.5) is 5.69 Å². The summed E-state index contributed by atoms with van der Waals surface area (Å²) in [5, 5.41) is 1.66. The second kappa shape index (κ2) is 4.13. The van der Waals surface area contributed by atoms with Gasteiger partial charge in [0.25, 0.3) is 0 Å². The summed E-state index contributed by atoms with van der Waals surface area (Å²) in [5.41, 5.74) is 6.03. The Labute approximate surface area is 80.3 Å². The van der Waals surface area contributed by atoms with Crippen molar-refractivity contribution in [2.45, 2.75) is 6.92 Å². The van der Waals surface area contributed by atoms with E-state index in [1.54, 1.807) is 12.3 Å².